The summed E-state index contributed by atoms with van der Waals surface area (Å²) in [7, 11) is 1.82. The fourth-order valence-electron chi connectivity index (χ4n) is 2.32. The van der Waals surface area contributed by atoms with Crippen molar-refractivity contribution >= 4 is 22.7 Å². The van der Waals surface area contributed by atoms with E-state index >= 15 is 0 Å². The van der Waals surface area contributed by atoms with Gasteiger partial charge in [0, 0.05) is 25.6 Å². The third-order valence-corrected chi connectivity index (χ3v) is 3.27. The zero-order valence-electron chi connectivity index (χ0n) is 11.6. The topological polar surface area (TPSA) is 109 Å². The van der Waals surface area contributed by atoms with Crippen LogP contribution >= 0.6 is 0 Å². The Morgan fingerprint density at radius 1 is 1.32 bits per heavy atom. The van der Waals surface area contributed by atoms with Crippen molar-refractivity contribution in [1.82, 2.24) is 34.5 Å². The molecule has 9 nitrogen and oxygen atoms in total. The molecule has 0 saturated carbocycles. The number of H-pyrrole nitrogens is 2. The number of fused-ring (bicyclic) bond motifs is 1. The predicted octanol–water partition coefficient (Wildman–Crippen LogP) is 0.914. The molecule has 0 atom stereocenters. The number of hydrogen-bond donors (Lipinski definition) is 3. The minimum absolute atomic E-state index is 0.232. The van der Waals surface area contributed by atoms with Crippen molar-refractivity contribution in [2.24, 2.45) is 7.05 Å². The predicted molar refractivity (Wildman–Crippen MR) is 80.3 cm³/mol. The molecule has 0 amide bonds. The highest BCUT2D eigenvalue weighted by Crippen LogP contribution is 2.17. The number of hydrogen-bond acceptors (Lipinski definition) is 5. The van der Waals surface area contributed by atoms with E-state index in [0.29, 0.717) is 22.7 Å². The van der Waals surface area contributed by atoms with Crippen LogP contribution in [0.15, 0.2) is 41.8 Å². The van der Waals surface area contributed by atoms with Crippen LogP contribution in [0.25, 0.3) is 16.7 Å². The van der Waals surface area contributed by atoms with E-state index in [2.05, 4.69) is 30.6 Å². The molecule has 4 rings (SSSR count). The molecule has 9 heteroatoms. The molecule has 110 valence electrons. The average Bonchev–Trinajstić information content (AvgIpc) is 3.19. The van der Waals surface area contributed by atoms with Gasteiger partial charge >= 0.3 is 0 Å². The maximum absolute atomic E-state index is 12.4. The van der Waals surface area contributed by atoms with E-state index in [4.69, 9.17) is 0 Å². The number of aryl methyl sites for hydroxylation is 1. The van der Waals surface area contributed by atoms with Crippen molar-refractivity contribution in [2.45, 2.75) is 0 Å². The van der Waals surface area contributed by atoms with E-state index in [-0.39, 0.29) is 5.56 Å². The van der Waals surface area contributed by atoms with Crippen LogP contribution in [0.3, 0.4) is 0 Å². The first-order valence-corrected chi connectivity index (χ1v) is 6.57. The Morgan fingerprint density at radius 2 is 2.23 bits per heavy atom. The van der Waals surface area contributed by atoms with Gasteiger partial charge in [-0.2, -0.15) is 10.2 Å². The average molecular weight is 296 g/mol. The van der Waals surface area contributed by atoms with Gasteiger partial charge in [0.05, 0.1) is 29.3 Å². The summed E-state index contributed by atoms with van der Waals surface area (Å²) in [6.45, 7) is 0. The Kier molecular flexibility index (Phi) is 2.58. The van der Waals surface area contributed by atoms with Gasteiger partial charge in [-0.15, -0.1) is 0 Å². The van der Waals surface area contributed by atoms with Crippen molar-refractivity contribution < 1.29 is 0 Å². The summed E-state index contributed by atoms with van der Waals surface area (Å²) in [6.07, 6.45) is 8.59. The molecule has 0 radical (unpaired) electrons. The molecule has 4 heterocycles. The number of nitrogens with one attached hydrogen (secondary N) is 3. The van der Waals surface area contributed by atoms with Gasteiger partial charge in [0.15, 0.2) is 0 Å². The second-order valence-electron chi connectivity index (χ2n) is 4.82. The molecule has 0 unspecified atom stereocenters. The van der Waals surface area contributed by atoms with E-state index in [1.165, 1.54) is 0 Å². The van der Waals surface area contributed by atoms with Gasteiger partial charge in [-0.25, -0.2) is 4.98 Å². The number of anilines is 2. The van der Waals surface area contributed by atoms with Crippen LogP contribution in [0.5, 0.6) is 0 Å². The van der Waals surface area contributed by atoms with E-state index < -0.39 is 0 Å². The molecule has 0 bridgehead atoms. The lowest BCUT2D eigenvalue weighted by atomic mass is 10.4. The van der Waals surface area contributed by atoms with E-state index in [1.807, 2.05) is 13.2 Å². The van der Waals surface area contributed by atoms with Crippen LogP contribution in [-0.4, -0.2) is 34.5 Å². The molecule has 4 aromatic heterocycles. The summed E-state index contributed by atoms with van der Waals surface area (Å²) >= 11 is 0. The summed E-state index contributed by atoms with van der Waals surface area (Å²) in [5, 5.41) is 13.6. The third-order valence-electron chi connectivity index (χ3n) is 3.27. The normalized spacial score (nSPS) is 11.1. The first-order valence-electron chi connectivity index (χ1n) is 6.57. The smallest absolute Gasteiger partial charge is 0.277 e. The fourth-order valence-corrected chi connectivity index (χ4v) is 2.32. The zero-order chi connectivity index (χ0) is 15.1. The van der Waals surface area contributed by atoms with Crippen molar-refractivity contribution in [3.8, 4) is 5.69 Å². The molecule has 0 fully saturated rings. The second-order valence-corrected chi connectivity index (χ2v) is 4.82. The summed E-state index contributed by atoms with van der Waals surface area (Å²) in [6, 6.07) is 1.79. The molecule has 0 saturated heterocycles. The Hall–Kier alpha value is -3.36. The lowest BCUT2D eigenvalue weighted by Crippen LogP contribution is -2.13. The van der Waals surface area contributed by atoms with Crippen molar-refractivity contribution in [2.75, 3.05) is 5.32 Å². The summed E-state index contributed by atoms with van der Waals surface area (Å²) in [5.41, 5.74) is 2.36. The van der Waals surface area contributed by atoms with Gasteiger partial charge in [-0.3, -0.25) is 19.6 Å². The summed E-state index contributed by atoms with van der Waals surface area (Å²) in [5.74, 6) is 0.364. The minimum atomic E-state index is -0.232. The highest BCUT2D eigenvalue weighted by Gasteiger charge is 2.11. The van der Waals surface area contributed by atoms with Crippen molar-refractivity contribution in [3.05, 3.63) is 47.4 Å². The van der Waals surface area contributed by atoms with Gasteiger partial charge < -0.3 is 9.88 Å². The molecule has 4 aromatic rings. The Labute approximate surface area is 123 Å². The lowest BCUT2D eigenvalue weighted by molar-refractivity contribution is 0.767. The first-order chi connectivity index (χ1) is 10.7. The van der Waals surface area contributed by atoms with Crippen LogP contribution in [0, 0.1) is 0 Å². The van der Waals surface area contributed by atoms with Crippen LogP contribution in [0.4, 0.5) is 11.6 Å². The fraction of sp³-hybridized carbons (Fsp3) is 0.0769. The highest BCUT2D eigenvalue weighted by molar-refractivity contribution is 5.78. The molecule has 0 aromatic carbocycles. The quantitative estimate of drug-likeness (QED) is 0.520. The van der Waals surface area contributed by atoms with Gasteiger partial charge in [0.1, 0.15) is 5.52 Å². The molecule has 0 aliphatic rings. The van der Waals surface area contributed by atoms with Crippen LogP contribution in [0.2, 0.25) is 0 Å². The number of aromatic nitrogens is 7. The molecule has 22 heavy (non-hydrogen) atoms. The molecule has 0 aliphatic heterocycles. The Morgan fingerprint density at radius 3 is 2.95 bits per heavy atom. The zero-order valence-corrected chi connectivity index (χ0v) is 11.6. The summed E-state index contributed by atoms with van der Waals surface area (Å²) < 4.78 is 3.44. The van der Waals surface area contributed by atoms with Crippen LogP contribution in [-0.2, 0) is 7.05 Å². The first kappa shape index (κ1) is 12.4. The number of rotatable bonds is 3. The Balaban J connectivity index is 1.82. The molecular formula is C13H12N8O. The van der Waals surface area contributed by atoms with Gasteiger partial charge in [0.2, 0.25) is 5.95 Å². The molecule has 3 N–H and O–H groups in total. The van der Waals surface area contributed by atoms with Gasteiger partial charge in [-0.1, -0.05) is 0 Å². The van der Waals surface area contributed by atoms with Gasteiger partial charge in [-0.05, 0) is 6.07 Å². The van der Waals surface area contributed by atoms with Crippen LogP contribution in [0.1, 0.15) is 0 Å². The minimum Gasteiger partial charge on any atom is -0.323 e. The Bertz CT molecular complexity index is 991. The monoisotopic (exact) mass is 296 g/mol. The standard InChI is InChI=1S/C13H12N8O/c1-20-7-9(6-16-20)21-3-2-10-11(21)12(22)19-13(18-10)17-8-4-14-15-5-8/h2-7H,1H3,(H,14,15)(H2,17,18,19,22). The second kappa shape index (κ2) is 4.58. The van der Waals surface area contributed by atoms with Gasteiger partial charge in [0.25, 0.3) is 5.56 Å². The highest BCUT2D eigenvalue weighted by atomic mass is 16.1. The SMILES string of the molecule is Cn1cc(-n2ccc3nc(Nc4cn[nH]c4)[nH]c(=O)c32)cn1. The maximum atomic E-state index is 12.4. The van der Waals surface area contributed by atoms with Crippen LogP contribution < -0.4 is 10.9 Å². The lowest BCUT2D eigenvalue weighted by Gasteiger charge is -2.04. The number of aromatic amines is 2. The molecule has 0 spiro atoms. The summed E-state index contributed by atoms with van der Waals surface area (Å²) in [4.78, 5) is 19.5. The van der Waals surface area contributed by atoms with Crippen molar-refractivity contribution in [1.29, 1.82) is 0 Å². The third kappa shape index (κ3) is 1.95. The molecule has 0 aliphatic carbocycles. The van der Waals surface area contributed by atoms with E-state index in [1.54, 1.807) is 40.1 Å². The number of nitrogens with zero attached hydrogens (tertiary/aromatic N) is 5. The maximum Gasteiger partial charge on any atom is 0.277 e. The largest absolute Gasteiger partial charge is 0.323 e. The van der Waals surface area contributed by atoms with E-state index in [9.17, 15) is 4.79 Å². The van der Waals surface area contributed by atoms with E-state index in [0.717, 1.165) is 5.69 Å². The van der Waals surface area contributed by atoms with Crippen molar-refractivity contribution in [3.63, 3.8) is 0 Å². The molecular weight excluding hydrogens is 284 g/mol.